The lowest BCUT2D eigenvalue weighted by Crippen LogP contribution is -2.30. The second-order valence-corrected chi connectivity index (χ2v) is 3.46. The third-order valence-electron chi connectivity index (χ3n) is 2.30. The summed E-state index contributed by atoms with van der Waals surface area (Å²) in [4.78, 5) is 13.1. The van der Waals surface area contributed by atoms with Crippen LogP contribution in [0.15, 0.2) is 22.8 Å². The molecule has 2 rings (SSSR count). The van der Waals surface area contributed by atoms with Crippen molar-refractivity contribution in [3.8, 4) is 0 Å². The molecule has 13 heavy (non-hydrogen) atoms. The highest BCUT2D eigenvalue weighted by Gasteiger charge is 2.31. The Labute approximate surface area is 77.3 Å². The molecule has 1 saturated carbocycles. The van der Waals surface area contributed by atoms with E-state index in [1.165, 1.54) is 0 Å². The summed E-state index contributed by atoms with van der Waals surface area (Å²) in [5.41, 5.74) is 0. The van der Waals surface area contributed by atoms with Crippen LogP contribution in [0.5, 0.6) is 0 Å². The molecule has 1 aromatic heterocycles. The number of amides is 1. The number of hydrogen-bond acceptors (Lipinski definition) is 2. The van der Waals surface area contributed by atoms with Gasteiger partial charge in [-0.2, -0.15) is 0 Å². The summed E-state index contributed by atoms with van der Waals surface area (Å²) in [6.07, 6.45) is 3.92. The maximum absolute atomic E-state index is 11.2. The molecule has 3 heteroatoms. The molecule has 0 bridgehead atoms. The van der Waals surface area contributed by atoms with Crippen LogP contribution in [-0.2, 0) is 11.3 Å². The zero-order valence-corrected chi connectivity index (χ0v) is 7.69. The van der Waals surface area contributed by atoms with E-state index in [0.717, 1.165) is 18.6 Å². The molecule has 0 unspecified atom stereocenters. The molecule has 0 aliphatic heterocycles. The largest absolute Gasteiger partial charge is 0.467 e. The summed E-state index contributed by atoms with van der Waals surface area (Å²) in [5.74, 6) is 1.00. The minimum Gasteiger partial charge on any atom is -0.467 e. The minimum absolute atomic E-state index is 0.138. The Morgan fingerprint density at radius 1 is 1.69 bits per heavy atom. The van der Waals surface area contributed by atoms with Gasteiger partial charge in [-0.3, -0.25) is 4.79 Å². The van der Waals surface area contributed by atoms with Crippen molar-refractivity contribution in [3.05, 3.63) is 24.2 Å². The van der Waals surface area contributed by atoms with Crippen LogP contribution in [-0.4, -0.2) is 16.8 Å². The van der Waals surface area contributed by atoms with Crippen LogP contribution in [0.3, 0.4) is 0 Å². The molecule has 0 aromatic carbocycles. The van der Waals surface area contributed by atoms with E-state index in [9.17, 15) is 4.79 Å². The molecule has 1 amide bonds. The molecule has 0 atom stereocenters. The Kier molecular flexibility index (Phi) is 2.08. The van der Waals surface area contributed by atoms with Crippen molar-refractivity contribution in [2.24, 2.45) is 0 Å². The van der Waals surface area contributed by atoms with Crippen molar-refractivity contribution in [1.29, 1.82) is 0 Å². The van der Waals surface area contributed by atoms with Gasteiger partial charge in [-0.15, -0.1) is 0 Å². The molecule has 0 N–H and O–H groups in total. The maximum Gasteiger partial charge on any atom is 0.220 e. The maximum atomic E-state index is 11.2. The van der Waals surface area contributed by atoms with Gasteiger partial charge in [0.05, 0.1) is 12.8 Å². The third kappa shape index (κ3) is 1.91. The number of carbonyl (C=O) groups is 1. The smallest absolute Gasteiger partial charge is 0.220 e. The van der Waals surface area contributed by atoms with Crippen LogP contribution in [0.25, 0.3) is 0 Å². The van der Waals surface area contributed by atoms with E-state index >= 15 is 0 Å². The van der Waals surface area contributed by atoms with Crippen LogP contribution >= 0.6 is 0 Å². The van der Waals surface area contributed by atoms with Gasteiger partial charge in [0, 0.05) is 13.0 Å². The predicted molar refractivity (Wildman–Crippen MR) is 48.0 cm³/mol. The molecule has 0 spiro atoms. The molecule has 0 saturated heterocycles. The van der Waals surface area contributed by atoms with Crippen molar-refractivity contribution in [1.82, 2.24) is 4.90 Å². The van der Waals surface area contributed by atoms with Gasteiger partial charge >= 0.3 is 0 Å². The van der Waals surface area contributed by atoms with E-state index in [4.69, 9.17) is 4.42 Å². The normalized spacial score (nSPS) is 15.8. The third-order valence-corrected chi connectivity index (χ3v) is 2.30. The van der Waals surface area contributed by atoms with E-state index in [-0.39, 0.29) is 5.91 Å². The first-order valence-electron chi connectivity index (χ1n) is 4.57. The first-order chi connectivity index (χ1) is 6.27. The van der Waals surface area contributed by atoms with Crippen molar-refractivity contribution in [3.63, 3.8) is 0 Å². The van der Waals surface area contributed by atoms with Crippen LogP contribution in [0, 0.1) is 0 Å². The van der Waals surface area contributed by atoms with Gasteiger partial charge in [-0.1, -0.05) is 0 Å². The Morgan fingerprint density at radius 2 is 2.46 bits per heavy atom. The molecule has 3 nitrogen and oxygen atoms in total. The van der Waals surface area contributed by atoms with Gasteiger partial charge in [-0.25, -0.2) is 0 Å². The zero-order chi connectivity index (χ0) is 9.26. The van der Waals surface area contributed by atoms with Crippen LogP contribution in [0.4, 0.5) is 0 Å². The second kappa shape index (κ2) is 3.24. The lowest BCUT2D eigenvalue weighted by molar-refractivity contribution is -0.130. The van der Waals surface area contributed by atoms with Crippen LogP contribution in [0.1, 0.15) is 25.5 Å². The SMILES string of the molecule is CC(=O)N(Cc1ccco1)C1CC1. The summed E-state index contributed by atoms with van der Waals surface area (Å²) in [6.45, 7) is 2.23. The van der Waals surface area contributed by atoms with Crippen molar-refractivity contribution in [2.45, 2.75) is 32.4 Å². The molecule has 0 radical (unpaired) electrons. The summed E-state index contributed by atoms with van der Waals surface area (Å²) >= 11 is 0. The van der Waals surface area contributed by atoms with Gasteiger partial charge in [0.2, 0.25) is 5.91 Å². The molecular weight excluding hydrogens is 166 g/mol. The number of hydrogen-bond donors (Lipinski definition) is 0. The summed E-state index contributed by atoms with van der Waals surface area (Å²) in [5, 5.41) is 0. The number of carbonyl (C=O) groups excluding carboxylic acids is 1. The van der Waals surface area contributed by atoms with E-state index in [1.54, 1.807) is 13.2 Å². The Balaban J connectivity index is 2.01. The second-order valence-electron chi connectivity index (χ2n) is 3.46. The monoisotopic (exact) mass is 179 g/mol. The molecular formula is C10H13NO2. The quantitative estimate of drug-likeness (QED) is 0.708. The van der Waals surface area contributed by atoms with E-state index in [1.807, 2.05) is 17.0 Å². The Bertz CT molecular complexity index is 288. The standard InChI is InChI=1S/C10H13NO2/c1-8(12)11(9-4-5-9)7-10-3-2-6-13-10/h2-3,6,9H,4-5,7H2,1H3. The zero-order valence-electron chi connectivity index (χ0n) is 7.69. The Hall–Kier alpha value is -1.25. The van der Waals surface area contributed by atoms with Crippen molar-refractivity contribution >= 4 is 5.91 Å². The van der Waals surface area contributed by atoms with Gasteiger partial charge in [0.15, 0.2) is 0 Å². The minimum atomic E-state index is 0.138. The molecule has 1 aromatic rings. The van der Waals surface area contributed by atoms with Gasteiger partial charge < -0.3 is 9.32 Å². The average Bonchev–Trinajstić information content (AvgIpc) is 2.79. The van der Waals surface area contributed by atoms with E-state index in [0.29, 0.717) is 12.6 Å². The van der Waals surface area contributed by atoms with Crippen molar-refractivity contribution in [2.75, 3.05) is 0 Å². The summed E-state index contributed by atoms with van der Waals surface area (Å²) < 4.78 is 5.20. The number of rotatable bonds is 3. The average molecular weight is 179 g/mol. The fourth-order valence-electron chi connectivity index (χ4n) is 1.45. The number of nitrogens with zero attached hydrogens (tertiary/aromatic N) is 1. The molecule has 1 aliphatic carbocycles. The highest BCUT2D eigenvalue weighted by molar-refractivity contribution is 5.73. The van der Waals surface area contributed by atoms with Gasteiger partial charge in [-0.05, 0) is 25.0 Å². The van der Waals surface area contributed by atoms with Crippen LogP contribution in [0.2, 0.25) is 0 Å². The molecule has 70 valence electrons. The lowest BCUT2D eigenvalue weighted by atomic mass is 10.4. The molecule has 1 fully saturated rings. The van der Waals surface area contributed by atoms with Crippen molar-refractivity contribution < 1.29 is 9.21 Å². The highest BCUT2D eigenvalue weighted by atomic mass is 16.3. The number of furan rings is 1. The van der Waals surface area contributed by atoms with E-state index < -0.39 is 0 Å². The topological polar surface area (TPSA) is 33.5 Å². The first-order valence-corrected chi connectivity index (χ1v) is 4.57. The van der Waals surface area contributed by atoms with Crippen LogP contribution < -0.4 is 0 Å². The first kappa shape index (κ1) is 8.35. The Morgan fingerprint density at radius 3 is 2.92 bits per heavy atom. The summed E-state index contributed by atoms with van der Waals surface area (Å²) in [6, 6.07) is 4.21. The molecule has 1 heterocycles. The highest BCUT2D eigenvalue weighted by Crippen LogP contribution is 2.28. The molecule has 1 aliphatic rings. The van der Waals surface area contributed by atoms with E-state index in [2.05, 4.69) is 0 Å². The summed E-state index contributed by atoms with van der Waals surface area (Å²) in [7, 11) is 0. The fraction of sp³-hybridized carbons (Fsp3) is 0.500. The van der Waals surface area contributed by atoms with Gasteiger partial charge in [0.25, 0.3) is 0 Å². The fourth-order valence-corrected chi connectivity index (χ4v) is 1.45. The van der Waals surface area contributed by atoms with Gasteiger partial charge in [0.1, 0.15) is 5.76 Å². The lowest BCUT2D eigenvalue weighted by Gasteiger charge is -2.18. The predicted octanol–water partition coefficient (Wildman–Crippen LogP) is 1.79.